The van der Waals surface area contributed by atoms with Crippen molar-refractivity contribution < 1.29 is 14.3 Å². The van der Waals surface area contributed by atoms with Crippen LogP contribution in [0.15, 0.2) is 48.5 Å². The summed E-state index contributed by atoms with van der Waals surface area (Å²) in [6.45, 7) is 2.02. The zero-order valence-electron chi connectivity index (χ0n) is 15.7. The Balaban J connectivity index is 1.40. The van der Waals surface area contributed by atoms with Crippen molar-refractivity contribution in [1.82, 2.24) is 10.2 Å². The highest BCUT2D eigenvalue weighted by Gasteiger charge is 2.29. The molecule has 142 valence electrons. The monoisotopic (exact) mass is 366 g/mol. The van der Waals surface area contributed by atoms with Gasteiger partial charge in [0, 0.05) is 18.0 Å². The lowest BCUT2D eigenvalue weighted by Crippen LogP contribution is -2.40. The SMILES string of the molecule is COc1ccc(C2CCCN2CC(=O)NC2CCOc3ccccc32)cc1. The molecule has 2 aromatic carbocycles. The molecule has 0 saturated carbocycles. The Labute approximate surface area is 160 Å². The predicted octanol–water partition coefficient (Wildman–Crippen LogP) is 3.47. The van der Waals surface area contributed by atoms with Gasteiger partial charge in [-0.2, -0.15) is 0 Å². The summed E-state index contributed by atoms with van der Waals surface area (Å²) in [5.41, 5.74) is 2.32. The van der Waals surface area contributed by atoms with Crippen molar-refractivity contribution >= 4 is 5.91 Å². The fourth-order valence-electron chi connectivity index (χ4n) is 4.14. The number of carbonyl (C=O) groups is 1. The number of amides is 1. The number of nitrogens with zero attached hydrogens (tertiary/aromatic N) is 1. The van der Waals surface area contributed by atoms with E-state index >= 15 is 0 Å². The number of nitrogens with one attached hydrogen (secondary N) is 1. The van der Waals surface area contributed by atoms with Crippen LogP contribution in [0.5, 0.6) is 11.5 Å². The molecule has 1 saturated heterocycles. The third-order valence-electron chi connectivity index (χ3n) is 5.50. The minimum atomic E-state index is 0.0319. The van der Waals surface area contributed by atoms with Crippen LogP contribution in [0.4, 0.5) is 0 Å². The van der Waals surface area contributed by atoms with Crippen molar-refractivity contribution in [3.05, 3.63) is 59.7 Å². The molecule has 0 radical (unpaired) electrons. The first-order chi connectivity index (χ1) is 13.2. The molecule has 1 fully saturated rings. The molecule has 0 aromatic heterocycles. The maximum Gasteiger partial charge on any atom is 0.234 e. The second-order valence-electron chi connectivity index (χ2n) is 7.20. The first-order valence-electron chi connectivity index (χ1n) is 9.63. The van der Waals surface area contributed by atoms with E-state index in [9.17, 15) is 4.79 Å². The van der Waals surface area contributed by atoms with E-state index < -0.39 is 0 Å². The highest BCUT2D eigenvalue weighted by atomic mass is 16.5. The van der Waals surface area contributed by atoms with Gasteiger partial charge in [-0.05, 0) is 43.1 Å². The molecule has 2 atom stereocenters. The van der Waals surface area contributed by atoms with E-state index in [-0.39, 0.29) is 11.9 Å². The van der Waals surface area contributed by atoms with E-state index in [0.29, 0.717) is 19.2 Å². The average Bonchev–Trinajstić information content (AvgIpc) is 3.16. The van der Waals surface area contributed by atoms with Crippen molar-refractivity contribution in [3.63, 3.8) is 0 Å². The number of benzene rings is 2. The Kier molecular flexibility index (Phi) is 5.30. The standard InChI is InChI=1S/C22H26N2O3/c1-26-17-10-8-16(9-11-17)20-6-4-13-24(20)15-22(25)23-19-12-14-27-21-7-3-2-5-18(19)21/h2-3,5,7-11,19-20H,4,6,12-15H2,1H3,(H,23,25). The first kappa shape index (κ1) is 17.9. The molecular formula is C22H26N2O3. The van der Waals surface area contributed by atoms with Crippen LogP contribution >= 0.6 is 0 Å². The number of fused-ring (bicyclic) bond motifs is 1. The molecule has 27 heavy (non-hydrogen) atoms. The number of para-hydroxylation sites is 1. The van der Waals surface area contributed by atoms with E-state index in [1.807, 2.05) is 36.4 Å². The number of carbonyl (C=O) groups excluding carboxylic acids is 1. The van der Waals surface area contributed by atoms with Crippen molar-refractivity contribution in [1.29, 1.82) is 0 Å². The summed E-state index contributed by atoms with van der Waals surface area (Å²) in [6, 6.07) is 16.5. The Hall–Kier alpha value is -2.53. The fraction of sp³-hybridized carbons (Fsp3) is 0.409. The van der Waals surface area contributed by atoms with Gasteiger partial charge < -0.3 is 14.8 Å². The van der Waals surface area contributed by atoms with Crippen LogP contribution in [-0.4, -0.2) is 37.6 Å². The quantitative estimate of drug-likeness (QED) is 0.880. The molecule has 0 spiro atoms. The number of hydrogen-bond acceptors (Lipinski definition) is 4. The largest absolute Gasteiger partial charge is 0.497 e. The van der Waals surface area contributed by atoms with E-state index in [1.165, 1.54) is 5.56 Å². The van der Waals surface area contributed by atoms with Crippen LogP contribution in [0.25, 0.3) is 0 Å². The Morgan fingerprint density at radius 2 is 2.00 bits per heavy atom. The van der Waals surface area contributed by atoms with Crippen molar-refractivity contribution in [2.75, 3.05) is 26.8 Å². The lowest BCUT2D eigenvalue weighted by Gasteiger charge is -2.29. The maximum absolute atomic E-state index is 12.7. The van der Waals surface area contributed by atoms with Gasteiger partial charge >= 0.3 is 0 Å². The molecule has 5 nitrogen and oxygen atoms in total. The van der Waals surface area contributed by atoms with Gasteiger partial charge in [0.2, 0.25) is 5.91 Å². The molecule has 1 N–H and O–H groups in total. The lowest BCUT2D eigenvalue weighted by atomic mass is 10.0. The summed E-state index contributed by atoms with van der Waals surface area (Å²) in [7, 11) is 1.68. The molecule has 1 amide bonds. The van der Waals surface area contributed by atoms with E-state index in [1.54, 1.807) is 7.11 Å². The smallest absolute Gasteiger partial charge is 0.234 e. The zero-order valence-corrected chi connectivity index (χ0v) is 15.7. The average molecular weight is 366 g/mol. The predicted molar refractivity (Wildman–Crippen MR) is 104 cm³/mol. The number of rotatable bonds is 5. The van der Waals surface area contributed by atoms with Gasteiger partial charge in [-0.15, -0.1) is 0 Å². The molecular weight excluding hydrogens is 340 g/mol. The van der Waals surface area contributed by atoms with Gasteiger partial charge in [-0.25, -0.2) is 0 Å². The van der Waals surface area contributed by atoms with Crippen LogP contribution in [0.1, 0.15) is 42.5 Å². The zero-order chi connectivity index (χ0) is 18.6. The minimum Gasteiger partial charge on any atom is -0.497 e. The highest BCUT2D eigenvalue weighted by Crippen LogP contribution is 2.33. The second-order valence-corrected chi connectivity index (χ2v) is 7.20. The van der Waals surface area contributed by atoms with Crippen LogP contribution in [0.2, 0.25) is 0 Å². The molecule has 0 bridgehead atoms. The maximum atomic E-state index is 12.7. The summed E-state index contributed by atoms with van der Waals surface area (Å²) in [6.07, 6.45) is 3.01. The van der Waals surface area contributed by atoms with Gasteiger partial charge in [-0.3, -0.25) is 9.69 Å². The van der Waals surface area contributed by atoms with Crippen LogP contribution in [0, 0.1) is 0 Å². The summed E-state index contributed by atoms with van der Waals surface area (Å²) < 4.78 is 10.9. The summed E-state index contributed by atoms with van der Waals surface area (Å²) in [5, 5.41) is 3.21. The topological polar surface area (TPSA) is 50.8 Å². The second kappa shape index (κ2) is 8.01. The summed E-state index contributed by atoms with van der Waals surface area (Å²) in [4.78, 5) is 15.0. The van der Waals surface area contributed by atoms with Gasteiger partial charge in [0.05, 0.1) is 26.3 Å². The third kappa shape index (κ3) is 3.93. The van der Waals surface area contributed by atoms with Crippen molar-refractivity contribution in [2.24, 2.45) is 0 Å². The first-order valence-corrected chi connectivity index (χ1v) is 9.63. The van der Waals surface area contributed by atoms with Crippen molar-refractivity contribution in [3.8, 4) is 11.5 Å². The number of ether oxygens (including phenoxy) is 2. The number of methoxy groups -OCH3 is 1. The van der Waals surface area contributed by atoms with Gasteiger partial charge in [0.25, 0.3) is 0 Å². The summed E-state index contributed by atoms with van der Waals surface area (Å²) in [5.74, 6) is 1.82. The molecule has 0 aliphatic carbocycles. The van der Waals surface area contributed by atoms with Crippen LogP contribution < -0.4 is 14.8 Å². The van der Waals surface area contributed by atoms with E-state index in [0.717, 1.165) is 42.9 Å². The lowest BCUT2D eigenvalue weighted by molar-refractivity contribution is -0.123. The molecule has 2 aliphatic rings. The molecule has 4 rings (SSSR count). The van der Waals surface area contributed by atoms with Gasteiger partial charge in [0.15, 0.2) is 0 Å². The van der Waals surface area contributed by atoms with Gasteiger partial charge in [0.1, 0.15) is 11.5 Å². The van der Waals surface area contributed by atoms with E-state index in [2.05, 4.69) is 22.3 Å². The van der Waals surface area contributed by atoms with E-state index in [4.69, 9.17) is 9.47 Å². The molecule has 2 aliphatic heterocycles. The number of hydrogen-bond donors (Lipinski definition) is 1. The molecule has 2 aromatic rings. The van der Waals surface area contributed by atoms with Gasteiger partial charge in [-0.1, -0.05) is 30.3 Å². The van der Waals surface area contributed by atoms with Crippen LogP contribution in [0.3, 0.4) is 0 Å². The number of likely N-dealkylation sites (tertiary alicyclic amines) is 1. The minimum absolute atomic E-state index is 0.0319. The summed E-state index contributed by atoms with van der Waals surface area (Å²) >= 11 is 0. The molecule has 2 heterocycles. The molecule has 5 heteroatoms. The fourth-order valence-corrected chi connectivity index (χ4v) is 4.14. The van der Waals surface area contributed by atoms with Crippen molar-refractivity contribution in [2.45, 2.75) is 31.3 Å². The Morgan fingerprint density at radius 1 is 1.19 bits per heavy atom. The third-order valence-corrected chi connectivity index (χ3v) is 5.50. The van der Waals surface area contributed by atoms with Crippen LogP contribution in [-0.2, 0) is 4.79 Å². The Bertz CT molecular complexity index is 790. The molecule has 2 unspecified atom stereocenters. The normalized spacial score (nSPS) is 22.0. The Morgan fingerprint density at radius 3 is 2.81 bits per heavy atom. The highest BCUT2D eigenvalue weighted by molar-refractivity contribution is 5.78.